The third-order valence-electron chi connectivity index (χ3n) is 3.39. The number of ether oxygens (including phenoxy) is 1. The van der Waals surface area contributed by atoms with Gasteiger partial charge in [0.1, 0.15) is 0 Å². The Morgan fingerprint density at radius 3 is 2.81 bits per heavy atom. The van der Waals surface area contributed by atoms with Gasteiger partial charge in [-0.15, -0.1) is 0 Å². The van der Waals surface area contributed by atoms with Crippen LogP contribution in [0.3, 0.4) is 0 Å². The Morgan fingerprint density at radius 1 is 1.44 bits per heavy atom. The van der Waals surface area contributed by atoms with Gasteiger partial charge >= 0.3 is 0 Å². The van der Waals surface area contributed by atoms with Crippen molar-refractivity contribution in [3.63, 3.8) is 0 Å². The number of hydrogen-bond acceptors (Lipinski definition) is 3. The lowest BCUT2D eigenvalue weighted by Crippen LogP contribution is -2.36. The Morgan fingerprint density at radius 2 is 2.25 bits per heavy atom. The molecule has 1 fully saturated rings. The molecule has 0 amide bonds. The predicted molar refractivity (Wildman–Crippen MR) is 71.0 cm³/mol. The fraction of sp³-hybridized carbons (Fsp3) is 1.00. The number of hydrogen-bond donors (Lipinski definition) is 1. The van der Waals surface area contributed by atoms with E-state index in [9.17, 15) is 5.11 Å². The fourth-order valence-corrected chi connectivity index (χ4v) is 3.13. The van der Waals surface area contributed by atoms with Crippen molar-refractivity contribution in [2.24, 2.45) is 5.92 Å². The van der Waals surface area contributed by atoms with Gasteiger partial charge in [-0.3, -0.25) is 0 Å². The van der Waals surface area contributed by atoms with Crippen LogP contribution in [-0.4, -0.2) is 35.4 Å². The van der Waals surface area contributed by atoms with E-state index in [4.69, 9.17) is 4.74 Å². The van der Waals surface area contributed by atoms with E-state index < -0.39 is 0 Å². The van der Waals surface area contributed by atoms with E-state index in [0.29, 0.717) is 5.92 Å². The van der Waals surface area contributed by atoms with Crippen molar-refractivity contribution >= 4 is 11.8 Å². The van der Waals surface area contributed by atoms with Crippen LogP contribution in [0.25, 0.3) is 0 Å². The highest BCUT2D eigenvalue weighted by Gasteiger charge is 2.24. The number of rotatable bonds is 7. The van der Waals surface area contributed by atoms with Crippen molar-refractivity contribution in [3.8, 4) is 0 Å². The molecule has 16 heavy (non-hydrogen) atoms. The first-order valence-corrected chi connectivity index (χ1v) is 7.80. The van der Waals surface area contributed by atoms with Gasteiger partial charge in [0.2, 0.25) is 0 Å². The lowest BCUT2D eigenvalue weighted by molar-refractivity contribution is -0.0320. The molecule has 1 aliphatic rings. The fourth-order valence-electron chi connectivity index (χ4n) is 2.20. The Labute approximate surface area is 104 Å². The third-order valence-corrected chi connectivity index (χ3v) is 4.41. The second-order valence-corrected chi connectivity index (χ2v) is 5.85. The Bertz CT molecular complexity index is 169. The zero-order valence-corrected chi connectivity index (χ0v) is 11.5. The van der Waals surface area contributed by atoms with E-state index in [1.807, 2.05) is 11.8 Å². The van der Waals surface area contributed by atoms with Gasteiger partial charge in [-0.05, 0) is 12.3 Å². The van der Waals surface area contributed by atoms with Crippen LogP contribution >= 0.6 is 11.8 Å². The summed E-state index contributed by atoms with van der Waals surface area (Å²) >= 11 is 1.90. The van der Waals surface area contributed by atoms with Gasteiger partial charge in [0, 0.05) is 11.5 Å². The molecule has 3 heteroatoms. The highest BCUT2D eigenvalue weighted by molar-refractivity contribution is 7.99. The largest absolute Gasteiger partial charge is 0.390 e. The summed E-state index contributed by atoms with van der Waals surface area (Å²) in [5.41, 5.74) is 0. The molecular formula is C13H26O2S. The maximum atomic E-state index is 10.1. The smallest absolute Gasteiger partial charge is 0.0924 e. The van der Waals surface area contributed by atoms with Gasteiger partial charge in [-0.2, -0.15) is 11.8 Å². The number of aliphatic hydroxyl groups is 1. The van der Waals surface area contributed by atoms with Crippen LogP contribution in [-0.2, 0) is 4.74 Å². The highest BCUT2D eigenvalue weighted by atomic mass is 32.2. The van der Waals surface area contributed by atoms with E-state index in [0.717, 1.165) is 24.5 Å². The van der Waals surface area contributed by atoms with Gasteiger partial charge in [0.15, 0.2) is 0 Å². The minimum absolute atomic E-state index is 0.0782. The first-order valence-electron chi connectivity index (χ1n) is 6.65. The first kappa shape index (κ1) is 14.3. The standard InChI is InChI=1S/C13H26O2S/c1-3-5-6-11(4-2)9-12(14)13-10-16-8-7-15-13/h11-14H,3-10H2,1-2H3. The van der Waals surface area contributed by atoms with E-state index in [-0.39, 0.29) is 12.2 Å². The van der Waals surface area contributed by atoms with Crippen LogP contribution in [0.2, 0.25) is 0 Å². The minimum Gasteiger partial charge on any atom is -0.390 e. The molecule has 1 rings (SSSR count). The molecule has 2 nitrogen and oxygen atoms in total. The van der Waals surface area contributed by atoms with E-state index in [2.05, 4.69) is 13.8 Å². The van der Waals surface area contributed by atoms with Crippen molar-refractivity contribution < 1.29 is 9.84 Å². The summed E-state index contributed by atoms with van der Waals surface area (Å²) in [6.07, 6.45) is 5.71. The van der Waals surface area contributed by atoms with Crippen molar-refractivity contribution in [3.05, 3.63) is 0 Å². The van der Waals surface area contributed by atoms with Crippen molar-refractivity contribution in [1.29, 1.82) is 0 Å². The van der Waals surface area contributed by atoms with E-state index in [1.165, 1.54) is 25.7 Å². The maximum Gasteiger partial charge on any atom is 0.0924 e. The zero-order chi connectivity index (χ0) is 11.8. The van der Waals surface area contributed by atoms with E-state index in [1.54, 1.807) is 0 Å². The second kappa shape index (κ2) is 8.37. The lowest BCUT2D eigenvalue weighted by atomic mass is 9.91. The summed E-state index contributed by atoms with van der Waals surface area (Å²) in [7, 11) is 0. The Hall–Kier alpha value is 0.270. The average Bonchev–Trinajstić information content (AvgIpc) is 2.35. The maximum absolute atomic E-state index is 10.1. The topological polar surface area (TPSA) is 29.5 Å². The summed E-state index contributed by atoms with van der Waals surface area (Å²) in [5.74, 6) is 2.72. The molecule has 1 N–H and O–H groups in total. The van der Waals surface area contributed by atoms with Crippen LogP contribution in [0.5, 0.6) is 0 Å². The molecule has 0 aliphatic carbocycles. The lowest BCUT2D eigenvalue weighted by Gasteiger charge is -2.29. The van der Waals surface area contributed by atoms with Crippen LogP contribution in [0.1, 0.15) is 46.0 Å². The normalized spacial score (nSPS) is 25.3. The molecule has 0 saturated carbocycles. The SMILES string of the molecule is CCCCC(CC)CC(O)C1CSCCO1. The summed E-state index contributed by atoms with van der Waals surface area (Å²) in [4.78, 5) is 0. The summed E-state index contributed by atoms with van der Waals surface area (Å²) in [6, 6.07) is 0. The van der Waals surface area contributed by atoms with Crippen molar-refractivity contribution in [2.75, 3.05) is 18.1 Å². The Kier molecular flexibility index (Phi) is 7.50. The second-order valence-electron chi connectivity index (χ2n) is 4.70. The van der Waals surface area contributed by atoms with Gasteiger partial charge in [-0.1, -0.05) is 39.5 Å². The molecular weight excluding hydrogens is 220 g/mol. The molecule has 0 spiro atoms. The molecule has 1 saturated heterocycles. The molecule has 1 aliphatic heterocycles. The molecule has 0 aromatic carbocycles. The van der Waals surface area contributed by atoms with Gasteiger partial charge in [-0.25, -0.2) is 0 Å². The number of aliphatic hydroxyl groups excluding tert-OH is 1. The molecule has 0 aromatic heterocycles. The van der Waals surface area contributed by atoms with Crippen LogP contribution in [0.4, 0.5) is 0 Å². The summed E-state index contributed by atoms with van der Waals surface area (Å²) in [5, 5.41) is 10.1. The molecule has 0 aromatic rings. The van der Waals surface area contributed by atoms with Crippen LogP contribution < -0.4 is 0 Å². The van der Waals surface area contributed by atoms with Crippen LogP contribution in [0.15, 0.2) is 0 Å². The third kappa shape index (κ3) is 5.07. The minimum atomic E-state index is -0.255. The molecule has 0 radical (unpaired) electrons. The van der Waals surface area contributed by atoms with Crippen LogP contribution in [0, 0.1) is 5.92 Å². The first-order chi connectivity index (χ1) is 7.77. The highest BCUT2D eigenvalue weighted by Crippen LogP contribution is 2.23. The molecule has 96 valence electrons. The average molecular weight is 246 g/mol. The molecule has 3 unspecified atom stereocenters. The number of thioether (sulfide) groups is 1. The van der Waals surface area contributed by atoms with Gasteiger partial charge in [0.25, 0.3) is 0 Å². The number of unbranched alkanes of at least 4 members (excludes halogenated alkanes) is 1. The van der Waals surface area contributed by atoms with Crippen molar-refractivity contribution in [2.45, 2.75) is 58.2 Å². The molecule has 1 heterocycles. The molecule has 3 atom stereocenters. The quantitative estimate of drug-likeness (QED) is 0.748. The van der Waals surface area contributed by atoms with E-state index >= 15 is 0 Å². The predicted octanol–water partition coefficient (Wildman–Crippen LogP) is 3.09. The summed E-state index contributed by atoms with van der Waals surface area (Å²) in [6.45, 7) is 5.26. The van der Waals surface area contributed by atoms with Gasteiger partial charge in [0.05, 0.1) is 18.8 Å². The molecule has 0 bridgehead atoms. The van der Waals surface area contributed by atoms with Crippen molar-refractivity contribution in [1.82, 2.24) is 0 Å². The summed E-state index contributed by atoms with van der Waals surface area (Å²) < 4.78 is 5.62. The Balaban J connectivity index is 2.26. The monoisotopic (exact) mass is 246 g/mol. The van der Waals surface area contributed by atoms with Gasteiger partial charge < -0.3 is 9.84 Å². The zero-order valence-electron chi connectivity index (χ0n) is 10.7.